The van der Waals surface area contributed by atoms with E-state index in [2.05, 4.69) is 5.10 Å². The van der Waals surface area contributed by atoms with Gasteiger partial charge in [-0.1, -0.05) is 0 Å². The van der Waals surface area contributed by atoms with Crippen LogP contribution in [0.15, 0.2) is 6.20 Å². The van der Waals surface area contributed by atoms with Gasteiger partial charge < -0.3 is 5.73 Å². The smallest absolute Gasteiger partial charge is 0.211 e. The second-order valence-electron chi connectivity index (χ2n) is 3.54. The third-order valence-electron chi connectivity index (χ3n) is 2.19. The molecule has 1 aromatic rings. The van der Waals surface area contributed by atoms with Gasteiger partial charge in [-0.15, -0.1) is 0 Å². The van der Waals surface area contributed by atoms with E-state index in [1.807, 2.05) is 6.92 Å². The van der Waals surface area contributed by atoms with E-state index < -0.39 is 10.0 Å². The zero-order chi connectivity index (χ0) is 11.6. The monoisotopic (exact) mass is 232 g/mol. The maximum atomic E-state index is 11.1. The van der Waals surface area contributed by atoms with Crippen LogP contribution < -0.4 is 5.73 Å². The van der Waals surface area contributed by atoms with Gasteiger partial charge >= 0.3 is 0 Å². The summed E-state index contributed by atoms with van der Waals surface area (Å²) in [6.07, 6.45) is 2.97. The number of aromatic nitrogens is 2. The van der Waals surface area contributed by atoms with Gasteiger partial charge in [0.1, 0.15) is 5.82 Å². The molecule has 1 heterocycles. The van der Waals surface area contributed by atoms with Crippen LogP contribution in [0.5, 0.6) is 0 Å². The fourth-order valence-corrected chi connectivity index (χ4v) is 1.47. The van der Waals surface area contributed by atoms with Crippen LogP contribution in [0.25, 0.3) is 0 Å². The Morgan fingerprint density at radius 3 is 2.60 bits per heavy atom. The largest absolute Gasteiger partial charge is 0.382 e. The number of aryl methyl sites for hydroxylation is 1. The first kappa shape index (κ1) is 12.0. The number of sulfonamides is 1. The van der Waals surface area contributed by atoms with Crippen molar-refractivity contribution in [1.29, 1.82) is 0 Å². The minimum Gasteiger partial charge on any atom is -0.382 e. The van der Waals surface area contributed by atoms with Crippen molar-refractivity contribution in [3.05, 3.63) is 11.8 Å². The molecule has 0 saturated carbocycles. The maximum Gasteiger partial charge on any atom is 0.211 e. The van der Waals surface area contributed by atoms with Crippen molar-refractivity contribution in [3.63, 3.8) is 0 Å². The topological polar surface area (TPSA) is 81.2 Å². The highest BCUT2D eigenvalue weighted by molar-refractivity contribution is 7.88. The average molecular weight is 232 g/mol. The van der Waals surface area contributed by atoms with Gasteiger partial charge in [0.25, 0.3) is 0 Å². The summed E-state index contributed by atoms with van der Waals surface area (Å²) in [5.41, 5.74) is 6.47. The molecule has 2 N–H and O–H groups in total. The van der Waals surface area contributed by atoms with Crippen molar-refractivity contribution >= 4 is 15.8 Å². The van der Waals surface area contributed by atoms with Crippen LogP contribution >= 0.6 is 0 Å². The van der Waals surface area contributed by atoms with Gasteiger partial charge in [-0.3, -0.25) is 4.68 Å². The molecule has 0 aliphatic rings. The summed E-state index contributed by atoms with van der Waals surface area (Å²) in [6.45, 7) is 2.75. The maximum absolute atomic E-state index is 11.1. The van der Waals surface area contributed by atoms with Crippen LogP contribution in [0.1, 0.15) is 5.56 Å². The molecule has 0 aliphatic carbocycles. The molecule has 0 spiro atoms. The van der Waals surface area contributed by atoms with Gasteiger partial charge in [0.15, 0.2) is 0 Å². The second kappa shape index (κ2) is 4.19. The molecule has 0 aromatic carbocycles. The first-order chi connectivity index (χ1) is 6.80. The fourth-order valence-electron chi connectivity index (χ4n) is 1.06. The molecule has 0 bridgehead atoms. The molecule has 7 heteroatoms. The molecule has 1 aromatic heterocycles. The Kier molecular flexibility index (Phi) is 3.35. The Labute approximate surface area is 89.7 Å². The van der Waals surface area contributed by atoms with E-state index in [0.717, 1.165) is 5.56 Å². The van der Waals surface area contributed by atoms with Crippen LogP contribution in [0.3, 0.4) is 0 Å². The number of nitrogen functional groups attached to an aromatic ring is 1. The Morgan fingerprint density at radius 1 is 1.60 bits per heavy atom. The van der Waals surface area contributed by atoms with Gasteiger partial charge in [0, 0.05) is 25.4 Å². The molecule has 0 atom stereocenters. The lowest BCUT2D eigenvalue weighted by molar-refractivity contribution is 0.437. The molecule has 0 saturated heterocycles. The van der Waals surface area contributed by atoms with E-state index in [1.165, 1.54) is 17.6 Å². The predicted molar refractivity (Wildman–Crippen MR) is 58.9 cm³/mol. The SMILES string of the molecule is Cc1cn(CCN(C)S(C)(=O)=O)nc1N. The van der Waals surface area contributed by atoms with Crippen LogP contribution in [-0.4, -0.2) is 42.4 Å². The number of anilines is 1. The van der Waals surface area contributed by atoms with Crippen molar-refractivity contribution in [1.82, 2.24) is 14.1 Å². The quantitative estimate of drug-likeness (QED) is 0.770. The van der Waals surface area contributed by atoms with E-state index >= 15 is 0 Å². The second-order valence-corrected chi connectivity index (χ2v) is 5.63. The average Bonchev–Trinajstić information content (AvgIpc) is 2.41. The standard InChI is InChI=1S/C8H16N4O2S/c1-7-6-12(10-8(7)9)5-4-11(2)15(3,13)14/h6H,4-5H2,1-3H3,(H2,9,10). The van der Waals surface area contributed by atoms with Crippen molar-refractivity contribution in [2.45, 2.75) is 13.5 Å². The van der Waals surface area contributed by atoms with Crippen LogP contribution in [0.2, 0.25) is 0 Å². The van der Waals surface area contributed by atoms with Crippen LogP contribution in [0.4, 0.5) is 5.82 Å². The zero-order valence-corrected chi connectivity index (χ0v) is 9.95. The Balaban J connectivity index is 2.58. The number of rotatable bonds is 4. The number of hydrogen-bond acceptors (Lipinski definition) is 4. The number of nitrogens with zero attached hydrogens (tertiary/aromatic N) is 3. The van der Waals surface area contributed by atoms with Gasteiger partial charge in [0.05, 0.1) is 12.8 Å². The van der Waals surface area contributed by atoms with E-state index in [1.54, 1.807) is 10.9 Å². The summed E-state index contributed by atoms with van der Waals surface area (Å²) in [6, 6.07) is 0. The summed E-state index contributed by atoms with van der Waals surface area (Å²) in [4.78, 5) is 0. The molecular weight excluding hydrogens is 216 g/mol. The fraction of sp³-hybridized carbons (Fsp3) is 0.625. The molecule has 1 rings (SSSR count). The molecule has 86 valence electrons. The van der Waals surface area contributed by atoms with Gasteiger partial charge in [-0.25, -0.2) is 12.7 Å². The van der Waals surface area contributed by atoms with Crippen molar-refractivity contribution in [3.8, 4) is 0 Å². The lowest BCUT2D eigenvalue weighted by Gasteiger charge is -2.13. The van der Waals surface area contributed by atoms with Crippen molar-refractivity contribution in [2.75, 3.05) is 25.6 Å². The minimum absolute atomic E-state index is 0.388. The molecule has 0 fully saturated rings. The van der Waals surface area contributed by atoms with Gasteiger partial charge in [-0.2, -0.15) is 5.10 Å². The first-order valence-corrected chi connectivity index (χ1v) is 6.36. The van der Waals surface area contributed by atoms with Crippen molar-refractivity contribution < 1.29 is 8.42 Å². The van der Waals surface area contributed by atoms with Crippen LogP contribution in [0, 0.1) is 6.92 Å². The predicted octanol–water partition coefficient (Wildman–Crippen LogP) is -0.335. The summed E-state index contributed by atoms with van der Waals surface area (Å²) in [5.74, 6) is 0.483. The number of nitrogens with two attached hydrogens (primary N) is 1. The number of likely N-dealkylation sites (N-methyl/N-ethyl adjacent to an activating group) is 1. The van der Waals surface area contributed by atoms with E-state index in [-0.39, 0.29) is 0 Å². The third kappa shape index (κ3) is 3.21. The number of hydrogen-bond donors (Lipinski definition) is 1. The lowest BCUT2D eigenvalue weighted by atomic mass is 10.4. The molecule has 15 heavy (non-hydrogen) atoms. The normalized spacial score (nSPS) is 12.3. The van der Waals surface area contributed by atoms with E-state index in [0.29, 0.717) is 18.9 Å². The lowest BCUT2D eigenvalue weighted by Crippen LogP contribution is -2.29. The van der Waals surface area contributed by atoms with Crippen LogP contribution in [-0.2, 0) is 16.6 Å². The van der Waals surface area contributed by atoms with E-state index in [9.17, 15) is 8.42 Å². The highest BCUT2D eigenvalue weighted by Crippen LogP contribution is 2.06. The molecule has 0 aliphatic heterocycles. The molecular formula is C8H16N4O2S. The molecule has 6 nitrogen and oxygen atoms in total. The first-order valence-electron chi connectivity index (χ1n) is 4.51. The van der Waals surface area contributed by atoms with Crippen molar-refractivity contribution in [2.24, 2.45) is 0 Å². The Hall–Kier alpha value is -1.08. The Morgan fingerprint density at radius 2 is 2.20 bits per heavy atom. The highest BCUT2D eigenvalue weighted by Gasteiger charge is 2.10. The van der Waals surface area contributed by atoms with E-state index in [4.69, 9.17) is 5.73 Å². The van der Waals surface area contributed by atoms with Gasteiger partial charge in [0.2, 0.25) is 10.0 Å². The summed E-state index contributed by atoms with van der Waals surface area (Å²) in [7, 11) is -1.58. The Bertz CT molecular complexity index is 418. The molecule has 0 amide bonds. The molecule has 0 unspecified atom stereocenters. The third-order valence-corrected chi connectivity index (χ3v) is 3.51. The highest BCUT2D eigenvalue weighted by atomic mass is 32.2. The molecule has 0 radical (unpaired) electrons. The minimum atomic E-state index is -3.12. The summed E-state index contributed by atoms with van der Waals surface area (Å²) < 4.78 is 25.1. The van der Waals surface area contributed by atoms with Gasteiger partial charge in [-0.05, 0) is 6.92 Å². The summed E-state index contributed by atoms with van der Waals surface area (Å²) >= 11 is 0. The summed E-state index contributed by atoms with van der Waals surface area (Å²) in [5, 5.41) is 4.04. The zero-order valence-electron chi connectivity index (χ0n) is 9.14.